The van der Waals surface area contributed by atoms with Crippen molar-refractivity contribution >= 4 is 42.8 Å². The van der Waals surface area contributed by atoms with E-state index in [-0.39, 0.29) is 48.5 Å². The molecule has 0 spiro atoms. The lowest BCUT2D eigenvalue weighted by Crippen LogP contribution is -2.17. The molecule has 36 heavy (non-hydrogen) atoms. The highest BCUT2D eigenvalue weighted by Crippen LogP contribution is 2.38. The van der Waals surface area contributed by atoms with Crippen LogP contribution in [0.4, 0.5) is 0 Å². The third-order valence-electron chi connectivity index (χ3n) is 6.98. The van der Waals surface area contributed by atoms with Crippen LogP contribution in [0.25, 0.3) is 0 Å². The molecule has 2 N–H and O–H groups in total. The summed E-state index contributed by atoms with van der Waals surface area (Å²) in [6.45, 7) is 8.30. The van der Waals surface area contributed by atoms with Crippen LogP contribution in [0.3, 0.4) is 0 Å². The van der Waals surface area contributed by atoms with Crippen molar-refractivity contribution in [3.63, 3.8) is 0 Å². The molecule has 0 aromatic carbocycles. The monoisotopic (exact) mass is 540 g/mol. The summed E-state index contributed by atoms with van der Waals surface area (Å²) in [6, 6.07) is 0. The largest absolute Gasteiger partial charge is 0.799 e. The molecule has 2 unspecified atom stereocenters. The SMILES string of the molecule is CC(C)(CO)CCCCC1=CC(=O)CC(CCC2=CC(=O)CC(CCCCC(C)(C)CO)=S2[O-])=S1[O-]. The van der Waals surface area contributed by atoms with Gasteiger partial charge >= 0.3 is 0 Å². The number of allylic oxidation sites excluding steroid dienone is 4. The second kappa shape index (κ2) is 14.3. The van der Waals surface area contributed by atoms with Gasteiger partial charge in [0.1, 0.15) is 0 Å². The van der Waals surface area contributed by atoms with Crippen LogP contribution >= 0.6 is 21.5 Å². The molecule has 2 rings (SSSR count). The van der Waals surface area contributed by atoms with Crippen LogP contribution in [-0.4, -0.2) is 53.8 Å². The van der Waals surface area contributed by atoms with Gasteiger partial charge in [0, 0.05) is 26.1 Å². The molecule has 8 heteroatoms. The maximum absolute atomic E-state index is 13.1. The third kappa shape index (κ3) is 10.1. The van der Waals surface area contributed by atoms with E-state index in [1.807, 2.05) is 27.7 Å². The lowest BCUT2D eigenvalue weighted by molar-refractivity contribution is -0.114. The molecule has 6 nitrogen and oxygen atoms in total. The Hall–Kier alpha value is -0.900. The van der Waals surface area contributed by atoms with Crippen LogP contribution in [0.1, 0.15) is 105 Å². The lowest BCUT2D eigenvalue weighted by Gasteiger charge is -2.31. The molecule has 0 aliphatic carbocycles. The maximum Gasteiger partial charge on any atom is 0.160 e. The summed E-state index contributed by atoms with van der Waals surface area (Å²) in [6.07, 6.45) is 10.4. The molecule has 2 heterocycles. The van der Waals surface area contributed by atoms with E-state index in [0.717, 1.165) is 43.4 Å². The van der Waals surface area contributed by atoms with Crippen LogP contribution in [0, 0.1) is 10.8 Å². The van der Waals surface area contributed by atoms with Crippen molar-refractivity contribution in [2.45, 2.75) is 105 Å². The number of aliphatic hydroxyl groups is 2. The van der Waals surface area contributed by atoms with E-state index in [2.05, 4.69) is 0 Å². The average molecular weight is 541 g/mol. The number of hydrogen-bond acceptors (Lipinski definition) is 6. The molecule has 0 radical (unpaired) electrons. The van der Waals surface area contributed by atoms with Crippen molar-refractivity contribution in [3.05, 3.63) is 22.0 Å². The molecule has 0 bridgehead atoms. The van der Waals surface area contributed by atoms with Gasteiger partial charge in [-0.25, -0.2) is 21.5 Å². The Morgan fingerprint density at radius 3 is 1.58 bits per heavy atom. The predicted molar refractivity (Wildman–Crippen MR) is 150 cm³/mol. The highest BCUT2D eigenvalue weighted by atomic mass is 32.2. The minimum Gasteiger partial charge on any atom is -0.799 e. The smallest absolute Gasteiger partial charge is 0.160 e. The molecule has 0 amide bonds. The van der Waals surface area contributed by atoms with E-state index in [9.17, 15) is 28.9 Å². The van der Waals surface area contributed by atoms with E-state index in [4.69, 9.17) is 0 Å². The molecule has 0 aromatic rings. The van der Waals surface area contributed by atoms with Crippen LogP contribution < -0.4 is 0 Å². The van der Waals surface area contributed by atoms with Gasteiger partial charge in [0.15, 0.2) is 11.6 Å². The Morgan fingerprint density at radius 2 is 1.11 bits per heavy atom. The van der Waals surface area contributed by atoms with Gasteiger partial charge in [0.05, 0.1) is 0 Å². The number of carbonyl (C=O) groups is 2. The summed E-state index contributed by atoms with van der Waals surface area (Å²) < 4.78 is 26.2. The first-order chi connectivity index (χ1) is 16.9. The van der Waals surface area contributed by atoms with Crippen molar-refractivity contribution in [2.75, 3.05) is 13.2 Å². The van der Waals surface area contributed by atoms with E-state index < -0.39 is 21.5 Å². The van der Waals surface area contributed by atoms with Crippen molar-refractivity contribution in [3.8, 4) is 0 Å². The second-order valence-corrected chi connectivity index (χ2v) is 15.0. The first-order valence-corrected chi connectivity index (χ1v) is 15.4. The highest BCUT2D eigenvalue weighted by molar-refractivity contribution is 8.15. The minimum atomic E-state index is -1.34. The molecular weight excluding hydrogens is 496 g/mol. The predicted octanol–water partition coefficient (Wildman–Crippen LogP) is 5.78. The summed E-state index contributed by atoms with van der Waals surface area (Å²) >= 11 is 0. The van der Waals surface area contributed by atoms with Gasteiger partial charge in [-0.3, -0.25) is 9.59 Å². The molecule has 206 valence electrons. The molecule has 2 atom stereocenters. The molecule has 0 aromatic heterocycles. The van der Waals surface area contributed by atoms with Gasteiger partial charge in [-0.05, 0) is 93.9 Å². The number of unbranched alkanes of at least 4 members (excludes halogenated alkanes) is 2. The number of aliphatic hydroxyl groups excluding tert-OH is 2. The maximum atomic E-state index is 13.1. The van der Waals surface area contributed by atoms with Gasteiger partial charge in [0.25, 0.3) is 0 Å². The number of carbonyl (C=O) groups excluding carboxylic acids is 2. The van der Waals surface area contributed by atoms with Crippen molar-refractivity contribution in [2.24, 2.45) is 10.8 Å². The summed E-state index contributed by atoms with van der Waals surface area (Å²) in [5.41, 5.74) is -0.273. The molecule has 0 saturated heterocycles. The van der Waals surface area contributed by atoms with Gasteiger partial charge in [-0.1, -0.05) is 40.5 Å². The van der Waals surface area contributed by atoms with Gasteiger partial charge in [-0.15, -0.1) is 0 Å². The zero-order valence-electron chi connectivity index (χ0n) is 22.4. The zero-order valence-corrected chi connectivity index (χ0v) is 24.0. The first-order valence-electron chi connectivity index (χ1n) is 13.1. The van der Waals surface area contributed by atoms with Crippen LogP contribution in [0.15, 0.2) is 22.0 Å². The fourth-order valence-corrected chi connectivity index (χ4v) is 7.40. The average Bonchev–Trinajstić information content (AvgIpc) is 2.82. The lowest BCUT2D eigenvalue weighted by atomic mass is 9.88. The molecule has 0 fully saturated rings. The van der Waals surface area contributed by atoms with Crippen LogP contribution in [-0.2, 0) is 9.59 Å². The Kier molecular flexibility index (Phi) is 12.4. The van der Waals surface area contributed by atoms with E-state index in [1.54, 1.807) is 0 Å². The number of hydrogen-bond donors (Lipinski definition) is 2. The van der Waals surface area contributed by atoms with Crippen molar-refractivity contribution in [1.29, 1.82) is 0 Å². The van der Waals surface area contributed by atoms with Gasteiger partial charge in [-0.2, -0.15) is 0 Å². The normalized spacial score (nSPS) is 21.7. The van der Waals surface area contributed by atoms with E-state index >= 15 is 0 Å². The van der Waals surface area contributed by atoms with Crippen molar-refractivity contribution < 1.29 is 28.9 Å². The Morgan fingerprint density at radius 1 is 0.694 bits per heavy atom. The number of ketones is 2. The topological polar surface area (TPSA) is 121 Å². The Labute approximate surface area is 222 Å². The molecule has 2 aliphatic rings. The third-order valence-corrected chi connectivity index (χ3v) is 10.3. The molecule has 2 aliphatic heterocycles. The summed E-state index contributed by atoms with van der Waals surface area (Å²) in [7, 11) is -2.68. The quantitative estimate of drug-likeness (QED) is 0.201. The first kappa shape index (κ1) is 31.3. The fourth-order valence-electron chi connectivity index (χ4n) is 4.40. The number of rotatable bonds is 15. The van der Waals surface area contributed by atoms with Crippen LogP contribution in [0.5, 0.6) is 0 Å². The summed E-state index contributed by atoms with van der Waals surface area (Å²) in [5, 5.41) is 18.8. The van der Waals surface area contributed by atoms with E-state index in [0.29, 0.717) is 40.4 Å². The Bertz CT molecular complexity index is 916. The Balaban J connectivity index is 1.97. The van der Waals surface area contributed by atoms with Crippen LogP contribution in [0.2, 0.25) is 0 Å². The summed E-state index contributed by atoms with van der Waals surface area (Å²) in [4.78, 5) is 27.2. The molecule has 0 saturated carbocycles. The highest BCUT2D eigenvalue weighted by Gasteiger charge is 2.20. The van der Waals surface area contributed by atoms with Gasteiger partial charge < -0.3 is 19.3 Å². The van der Waals surface area contributed by atoms with Crippen molar-refractivity contribution in [1.82, 2.24) is 0 Å². The molecular formula is C28H44O6S2-2. The summed E-state index contributed by atoms with van der Waals surface area (Å²) in [5.74, 6) is -0.101. The second-order valence-electron chi connectivity index (χ2n) is 11.7. The standard InChI is InChI=1S/C28H44O6S2/c1-27(2,19-29)13-7-5-9-23-15-21(31)17-25(35(23)33)11-12-26-18-22(32)16-24(36(26)34)10-6-8-14-28(3,4)20-30/h15,18,29-30H,5-14,16-17,19-20H2,1-4H3/q-2. The van der Waals surface area contributed by atoms with E-state index in [1.165, 1.54) is 12.2 Å². The zero-order chi connectivity index (χ0) is 26.9. The fraction of sp³-hybridized carbons (Fsp3) is 0.714. The minimum absolute atomic E-state index is 0.0486. The van der Waals surface area contributed by atoms with Gasteiger partial charge in [0.2, 0.25) is 0 Å².